The number of amides is 1. The average Bonchev–Trinajstić information content (AvgIpc) is 2.85. The van der Waals surface area contributed by atoms with E-state index in [2.05, 4.69) is 0 Å². The number of carbonyl (C=O) groups is 1. The van der Waals surface area contributed by atoms with Gasteiger partial charge in [-0.3, -0.25) is 14.9 Å². The van der Waals surface area contributed by atoms with Crippen LogP contribution in [0.2, 0.25) is 5.02 Å². The summed E-state index contributed by atoms with van der Waals surface area (Å²) in [5, 5.41) is 20.2. The summed E-state index contributed by atoms with van der Waals surface area (Å²) in [4.78, 5) is 24.2. The molecule has 1 aromatic carbocycles. The van der Waals surface area contributed by atoms with Gasteiger partial charge in [0, 0.05) is 6.54 Å². The lowest BCUT2D eigenvalue weighted by Crippen LogP contribution is -2.37. The first kappa shape index (κ1) is 13.8. The lowest BCUT2D eigenvalue weighted by Gasteiger charge is -2.22. The fourth-order valence-electron chi connectivity index (χ4n) is 2.32. The van der Waals surface area contributed by atoms with Crippen LogP contribution < -0.4 is 0 Å². The van der Waals surface area contributed by atoms with Crippen LogP contribution in [0.15, 0.2) is 18.2 Å². The minimum Gasteiger partial charge on any atom is -0.394 e. The lowest BCUT2D eigenvalue weighted by molar-refractivity contribution is -0.385. The zero-order valence-electron chi connectivity index (χ0n) is 10.1. The van der Waals surface area contributed by atoms with E-state index < -0.39 is 10.8 Å². The van der Waals surface area contributed by atoms with Gasteiger partial charge in [-0.2, -0.15) is 0 Å². The zero-order chi connectivity index (χ0) is 14.0. The van der Waals surface area contributed by atoms with Gasteiger partial charge in [-0.05, 0) is 25.0 Å². The van der Waals surface area contributed by atoms with Crippen molar-refractivity contribution < 1.29 is 14.8 Å². The molecule has 2 rings (SSSR count). The molecular formula is C12H13ClN2O4. The Morgan fingerprint density at radius 2 is 2.32 bits per heavy atom. The van der Waals surface area contributed by atoms with E-state index in [1.807, 2.05) is 0 Å². The smallest absolute Gasteiger partial charge is 0.300 e. The normalized spacial score (nSPS) is 18.6. The predicted octanol–water partition coefficient (Wildman–Crippen LogP) is 1.85. The van der Waals surface area contributed by atoms with Crippen LogP contribution in [-0.4, -0.2) is 40.0 Å². The summed E-state index contributed by atoms with van der Waals surface area (Å²) >= 11 is 5.78. The molecule has 0 aromatic heterocycles. The third kappa shape index (κ3) is 2.54. The number of hydrogen-bond acceptors (Lipinski definition) is 4. The van der Waals surface area contributed by atoms with Crippen molar-refractivity contribution in [3.8, 4) is 0 Å². The van der Waals surface area contributed by atoms with E-state index in [4.69, 9.17) is 11.6 Å². The Kier molecular flexibility index (Phi) is 4.01. The molecule has 0 unspecified atom stereocenters. The molecule has 0 spiro atoms. The van der Waals surface area contributed by atoms with E-state index in [0.29, 0.717) is 13.0 Å². The summed E-state index contributed by atoms with van der Waals surface area (Å²) in [6.45, 7) is 0.355. The molecule has 7 heteroatoms. The second-order valence-corrected chi connectivity index (χ2v) is 4.78. The number of benzene rings is 1. The molecule has 0 radical (unpaired) electrons. The lowest BCUT2D eigenvalue weighted by atomic mass is 10.1. The highest BCUT2D eigenvalue weighted by Gasteiger charge is 2.33. The standard InChI is InChI=1S/C12H13ClN2O4/c13-10-5-1-4-9(11(10)15(18)19)12(17)14-6-2-3-8(14)7-16/h1,4-5,8,16H,2-3,6-7H2/t8-/m1/s1. The molecule has 1 aliphatic heterocycles. The van der Waals surface area contributed by atoms with Crippen molar-refractivity contribution >= 4 is 23.2 Å². The number of likely N-dealkylation sites (tertiary alicyclic amines) is 1. The molecule has 1 atom stereocenters. The maximum atomic E-state index is 12.3. The van der Waals surface area contributed by atoms with Crippen LogP contribution in [0.25, 0.3) is 0 Å². The maximum Gasteiger partial charge on any atom is 0.300 e. The Balaban J connectivity index is 2.39. The first-order valence-electron chi connectivity index (χ1n) is 5.91. The number of nitro benzene ring substituents is 1. The van der Waals surface area contributed by atoms with Crippen LogP contribution in [-0.2, 0) is 0 Å². The van der Waals surface area contributed by atoms with Crippen molar-refractivity contribution in [2.24, 2.45) is 0 Å². The maximum absolute atomic E-state index is 12.3. The molecule has 1 amide bonds. The number of carbonyl (C=O) groups excluding carboxylic acids is 1. The van der Waals surface area contributed by atoms with Gasteiger partial charge in [-0.1, -0.05) is 17.7 Å². The summed E-state index contributed by atoms with van der Waals surface area (Å²) in [7, 11) is 0. The SMILES string of the molecule is O=C(c1cccc(Cl)c1[N+](=O)[O-])N1CCC[C@@H]1CO. The topological polar surface area (TPSA) is 83.7 Å². The molecule has 1 aromatic rings. The molecule has 1 heterocycles. The highest BCUT2D eigenvalue weighted by molar-refractivity contribution is 6.33. The Morgan fingerprint density at radius 1 is 1.58 bits per heavy atom. The minimum atomic E-state index is -0.653. The van der Waals surface area contributed by atoms with E-state index in [1.165, 1.54) is 23.1 Å². The van der Waals surface area contributed by atoms with Gasteiger partial charge in [0.2, 0.25) is 0 Å². The number of nitrogens with zero attached hydrogens (tertiary/aromatic N) is 2. The van der Waals surface area contributed by atoms with Crippen molar-refractivity contribution in [1.82, 2.24) is 4.90 Å². The third-order valence-corrected chi connectivity index (χ3v) is 3.55. The molecule has 0 bridgehead atoms. The summed E-state index contributed by atoms with van der Waals surface area (Å²) in [5.74, 6) is -0.453. The number of nitro groups is 1. The van der Waals surface area contributed by atoms with E-state index in [1.54, 1.807) is 0 Å². The second-order valence-electron chi connectivity index (χ2n) is 4.37. The van der Waals surface area contributed by atoms with Crippen LogP contribution in [0.1, 0.15) is 23.2 Å². The number of aliphatic hydroxyl groups excluding tert-OH is 1. The summed E-state index contributed by atoms with van der Waals surface area (Å²) < 4.78 is 0. The largest absolute Gasteiger partial charge is 0.394 e. The first-order valence-corrected chi connectivity index (χ1v) is 6.28. The monoisotopic (exact) mass is 284 g/mol. The molecule has 1 aliphatic rings. The predicted molar refractivity (Wildman–Crippen MR) is 69.3 cm³/mol. The Bertz CT molecular complexity index is 520. The van der Waals surface area contributed by atoms with Crippen LogP contribution in [0.5, 0.6) is 0 Å². The van der Waals surface area contributed by atoms with E-state index in [9.17, 15) is 20.0 Å². The minimum absolute atomic E-state index is 0.0298. The highest BCUT2D eigenvalue weighted by Crippen LogP contribution is 2.30. The van der Waals surface area contributed by atoms with Gasteiger partial charge in [0.1, 0.15) is 10.6 Å². The average molecular weight is 285 g/mol. The van der Waals surface area contributed by atoms with Gasteiger partial charge >= 0.3 is 5.69 Å². The number of rotatable bonds is 3. The molecule has 1 N–H and O–H groups in total. The van der Waals surface area contributed by atoms with Crippen LogP contribution in [0.3, 0.4) is 0 Å². The van der Waals surface area contributed by atoms with Gasteiger partial charge in [-0.15, -0.1) is 0 Å². The summed E-state index contributed by atoms with van der Waals surface area (Å²) in [6.07, 6.45) is 1.49. The van der Waals surface area contributed by atoms with Gasteiger partial charge in [0.05, 0.1) is 17.6 Å². The molecule has 0 saturated carbocycles. The Morgan fingerprint density at radius 3 is 2.95 bits per heavy atom. The van der Waals surface area contributed by atoms with Gasteiger partial charge in [-0.25, -0.2) is 0 Å². The van der Waals surface area contributed by atoms with Crippen LogP contribution >= 0.6 is 11.6 Å². The highest BCUT2D eigenvalue weighted by atomic mass is 35.5. The molecule has 102 valence electrons. The van der Waals surface area contributed by atoms with Crippen LogP contribution in [0, 0.1) is 10.1 Å². The van der Waals surface area contributed by atoms with Crippen molar-refractivity contribution in [3.63, 3.8) is 0 Å². The summed E-state index contributed by atoms with van der Waals surface area (Å²) in [5.41, 5.74) is -0.407. The molecule has 1 saturated heterocycles. The molecule has 1 fully saturated rings. The van der Waals surface area contributed by atoms with E-state index in [0.717, 1.165) is 6.42 Å². The molecule has 0 aliphatic carbocycles. The van der Waals surface area contributed by atoms with Gasteiger partial charge in [0.15, 0.2) is 0 Å². The quantitative estimate of drug-likeness (QED) is 0.678. The Labute approximate surface area is 114 Å². The Hall–Kier alpha value is -1.66. The fourth-order valence-corrected chi connectivity index (χ4v) is 2.56. The zero-order valence-corrected chi connectivity index (χ0v) is 10.8. The van der Waals surface area contributed by atoms with Crippen molar-refractivity contribution in [1.29, 1.82) is 0 Å². The third-order valence-electron chi connectivity index (χ3n) is 3.25. The van der Waals surface area contributed by atoms with Crippen molar-refractivity contribution in [2.45, 2.75) is 18.9 Å². The van der Waals surface area contributed by atoms with Crippen LogP contribution in [0.4, 0.5) is 5.69 Å². The van der Waals surface area contributed by atoms with Gasteiger partial charge in [0.25, 0.3) is 5.91 Å². The molecule has 6 nitrogen and oxygen atoms in total. The van der Waals surface area contributed by atoms with E-state index >= 15 is 0 Å². The molecule has 19 heavy (non-hydrogen) atoms. The number of aliphatic hydroxyl groups is 1. The van der Waals surface area contributed by atoms with Crippen molar-refractivity contribution in [3.05, 3.63) is 38.9 Å². The second kappa shape index (κ2) is 5.54. The fraction of sp³-hybridized carbons (Fsp3) is 0.417. The number of halogens is 1. The first-order chi connectivity index (χ1) is 9.06. The van der Waals surface area contributed by atoms with Gasteiger partial charge < -0.3 is 10.0 Å². The molecular weight excluding hydrogens is 272 g/mol. The van der Waals surface area contributed by atoms with Crippen molar-refractivity contribution in [2.75, 3.05) is 13.2 Å². The van der Waals surface area contributed by atoms with E-state index in [-0.39, 0.29) is 28.9 Å². The number of para-hydroxylation sites is 1. The number of hydrogen-bond donors (Lipinski definition) is 1. The summed E-state index contributed by atoms with van der Waals surface area (Å²) in [6, 6.07) is 4.00.